The van der Waals surface area contributed by atoms with Crippen LogP contribution < -0.4 is 5.32 Å². The predicted octanol–water partition coefficient (Wildman–Crippen LogP) is 3.51. The van der Waals surface area contributed by atoms with Gasteiger partial charge in [-0.15, -0.1) is 11.8 Å². The molecule has 1 atom stereocenters. The van der Waals surface area contributed by atoms with Crippen molar-refractivity contribution in [2.24, 2.45) is 0 Å². The average Bonchev–Trinajstić information content (AvgIpc) is 3.02. The zero-order valence-corrected chi connectivity index (χ0v) is 13.9. The van der Waals surface area contributed by atoms with Crippen LogP contribution >= 0.6 is 11.8 Å². The molecule has 0 aliphatic carbocycles. The number of hydrogen-bond acceptors (Lipinski definition) is 4. The van der Waals surface area contributed by atoms with E-state index < -0.39 is 5.97 Å². The van der Waals surface area contributed by atoms with E-state index in [0.29, 0.717) is 32.8 Å². The number of rotatable bonds is 3. The van der Waals surface area contributed by atoms with Crippen molar-refractivity contribution in [3.8, 4) is 0 Å². The molecule has 5 nitrogen and oxygen atoms in total. The number of carbonyl (C=O) groups excluding carboxylic acids is 1. The molecule has 1 amide bonds. The Morgan fingerprint density at radius 3 is 2.56 bits per heavy atom. The molecule has 6 heteroatoms. The van der Waals surface area contributed by atoms with Crippen LogP contribution in [0.2, 0.25) is 0 Å². The SMILES string of the molecule is O=C(N[C@H]1CSc2c1nc1ccccc1c2C(=O)O)c1ccccc1. The lowest BCUT2D eigenvalue weighted by atomic mass is 10.0. The number of carbonyl (C=O) groups is 2. The van der Waals surface area contributed by atoms with Gasteiger partial charge in [-0.1, -0.05) is 36.4 Å². The molecule has 0 saturated heterocycles. The van der Waals surface area contributed by atoms with E-state index in [1.807, 2.05) is 12.1 Å². The van der Waals surface area contributed by atoms with Crippen LogP contribution in [-0.4, -0.2) is 27.7 Å². The third-order valence-corrected chi connectivity index (χ3v) is 5.36. The molecule has 3 aromatic rings. The molecule has 2 heterocycles. The first-order valence-electron chi connectivity index (χ1n) is 7.80. The number of thioether (sulfide) groups is 1. The minimum Gasteiger partial charge on any atom is -0.478 e. The Hall–Kier alpha value is -2.86. The summed E-state index contributed by atoms with van der Waals surface area (Å²) < 4.78 is 0. The summed E-state index contributed by atoms with van der Waals surface area (Å²) in [6.45, 7) is 0. The second-order valence-electron chi connectivity index (χ2n) is 5.73. The Balaban J connectivity index is 1.75. The van der Waals surface area contributed by atoms with Crippen molar-refractivity contribution in [2.75, 3.05) is 5.75 Å². The number of aromatic carboxylic acids is 1. The van der Waals surface area contributed by atoms with E-state index >= 15 is 0 Å². The zero-order chi connectivity index (χ0) is 17.4. The van der Waals surface area contributed by atoms with Gasteiger partial charge in [0.1, 0.15) is 0 Å². The van der Waals surface area contributed by atoms with Gasteiger partial charge < -0.3 is 10.4 Å². The molecule has 25 heavy (non-hydrogen) atoms. The van der Waals surface area contributed by atoms with Crippen LogP contribution in [0.5, 0.6) is 0 Å². The van der Waals surface area contributed by atoms with Crippen LogP contribution in [0, 0.1) is 0 Å². The molecule has 0 saturated carbocycles. The second-order valence-corrected chi connectivity index (χ2v) is 6.76. The van der Waals surface area contributed by atoms with Gasteiger partial charge in [0, 0.05) is 21.6 Å². The highest BCUT2D eigenvalue weighted by Crippen LogP contribution is 2.42. The number of amides is 1. The van der Waals surface area contributed by atoms with E-state index in [2.05, 4.69) is 10.3 Å². The fourth-order valence-corrected chi connectivity index (χ4v) is 4.25. The molecular weight excluding hydrogens is 336 g/mol. The topological polar surface area (TPSA) is 79.3 Å². The number of benzene rings is 2. The van der Waals surface area contributed by atoms with Gasteiger partial charge in [-0.3, -0.25) is 4.79 Å². The lowest BCUT2D eigenvalue weighted by molar-refractivity contribution is 0.0695. The van der Waals surface area contributed by atoms with E-state index in [0.717, 1.165) is 0 Å². The Morgan fingerprint density at radius 2 is 1.80 bits per heavy atom. The lowest BCUT2D eigenvalue weighted by Gasteiger charge is -2.14. The third-order valence-electron chi connectivity index (χ3n) is 4.15. The first-order chi connectivity index (χ1) is 12.1. The summed E-state index contributed by atoms with van der Waals surface area (Å²) in [6.07, 6.45) is 0. The average molecular weight is 350 g/mol. The monoisotopic (exact) mass is 350 g/mol. The first kappa shape index (κ1) is 15.7. The summed E-state index contributed by atoms with van der Waals surface area (Å²) in [5, 5.41) is 13.3. The van der Waals surface area contributed by atoms with E-state index in [1.54, 1.807) is 42.5 Å². The lowest BCUT2D eigenvalue weighted by Crippen LogP contribution is -2.29. The summed E-state index contributed by atoms with van der Waals surface area (Å²) in [5.74, 6) is -0.597. The van der Waals surface area contributed by atoms with Crippen LogP contribution in [0.3, 0.4) is 0 Å². The molecule has 0 fully saturated rings. The maximum atomic E-state index is 12.4. The highest BCUT2D eigenvalue weighted by molar-refractivity contribution is 7.99. The molecule has 1 aliphatic heterocycles. The summed E-state index contributed by atoms with van der Waals surface area (Å²) >= 11 is 1.42. The van der Waals surface area contributed by atoms with Crippen molar-refractivity contribution in [1.29, 1.82) is 0 Å². The van der Waals surface area contributed by atoms with Gasteiger partial charge in [0.15, 0.2) is 0 Å². The minimum absolute atomic E-state index is 0.189. The number of carboxylic acid groups (broad SMARTS) is 1. The first-order valence-corrected chi connectivity index (χ1v) is 8.78. The maximum Gasteiger partial charge on any atom is 0.337 e. The highest BCUT2D eigenvalue weighted by Gasteiger charge is 2.32. The second kappa shape index (κ2) is 6.22. The van der Waals surface area contributed by atoms with Crippen molar-refractivity contribution in [3.63, 3.8) is 0 Å². The molecule has 0 spiro atoms. The molecule has 2 aromatic carbocycles. The minimum atomic E-state index is -0.975. The molecule has 4 rings (SSSR count). The van der Waals surface area contributed by atoms with Crippen molar-refractivity contribution in [1.82, 2.24) is 10.3 Å². The molecular formula is C19H14N2O3S. The molecule has 0 unspecified atom stereocenters. The zero-order valence-electron chi connectivity index (χ0n) is 13.1. The van der Waals surface area contributed by atoms with Crippen LogP contribution in [0.15, 0.2) is 59.5 Å². The predicted molar refractivity (Wildman–Crippen MR) is 96.1 cm³/mol. The molecule has 124 valence electrons. The number of aromatic nitrogens is 1. The Bertz CT molecular complexity index is 989. The highest BCUT2D eigenvalue weighted by atomic mass is 32.2. The number of para-hydroxylation sites is 1. The van der Waals surface area contributed by atoms with Crippen molar-refractivity contribution >= 4 is 34.5 Å². The standard InChI is InChI=1S/C19H14N2O3S/c22-18(11-6-2-1-3-7-11)21-14-10-25-17-15(19(23)24)12-8-4-5-9-13(12)20-16(14)17/h1-9,14H,10H2,(H,21,22)(H,23,24)/t14-/m0/s1. The number of pyridine rings is 1. The van der Waals surface area contributed by atoms with Gasteiger partial charge in [-0.2, -0.15) is 0 Å². The Labute approximate surface area is 148 Å². The van der Waals surface area contributed by atoms with Crippen LogP contribution in [0.1, 0.15) is 32.5 Å². The number of nitrogens with one attached hydrogen (secondary N) is 1. The summed E-state index contributed by atoms with van der Waals surface area (Å²) in [7, 11) is 0. The smallest absolute Gasteiger partial charge is 0.337 e. The third kappa shape index (κ3) is 2.74. The molecule has 0 radical (unpaired) electrons. The van der Waals surface area contributed by atoms with Gasteiger partial charge in [0.25, 0.3) is 5.91 Å². The van der Waals surface area contributed by atoms with Crippen molar-refractivity contribution in [2.45, 2.75) is 10.9 Å². The summed E-state index contributed by atoms with van der Waals surface area (Å²) in [6, 6.07) is 15.8. The number of nitrogens with zero attached hydrogens (tertiary/aromatic N) is 1. The van der Waals surface area contributed by atoms with Crippen LogP contribution in [-0.2, 0) is 0 Å². The number of fused-ring (bicyclic) bond motifs is 2. The van der Waals surface area contributed by atoms with Crippen molar-refractivity contribution in [3.05, 3.63) is 71.4 Å². The van der Waals surface area contributed by atoms with Gasteiger partial charge in [-0.05, 0) is 18.2 Å². The van der Waals surface area contributed by atoms with E-state index in [1.165, 1.54) is 11.8 Å². The fraction of sp³-hybridized carbons (Fsp3) is 0.105. The molecule has 2 N–H and O–H groups in total. The van der Waals surface area contributed by atoms with Gasteiger partial charge in [-0.25, -0.2) is 9.78 Å². The summed E-state index contributed by atoms with van der Waals surface area (Å²) in [5.41, 5.74) is 2.09. The van der Waals surface area contributed by atoms with Gasteiger partial charge in [0.2, 0.25) is 0 Å². The molecule has 1 aliphatic rings. The quantitative estimate of drug-likeness (QED) is 0.756. The number of carboxylic acids is 1. The summed E-state index contributed by atoms with van der Waals surface area (Å²) in [4.78, 5) is 29.5. The van der Waals surface area contributed by atoms with E-state index in [9.17, 15) is 14.7 Å². The van der Waals surface area contributed by atoms with Crippen molar-refractivity contribution < 1.29 is 14.7 Å². The maximum absolute atomic E-state index is 12.4. The van der Waals surface area contributed by atoms with E-state index in [-0.39, 0.29) is 17.5 Å². The Morgan fingerprint density at radius 1 is 1.08 bits per heavy atom. The van der Waals surface area contributed by atoms with Crippen LogP contribution in [0.25, 0.3) is 10.9 Å². The molecule has 1 aromatic heterocycles. The van der Waals surface area contributed by atoms with Gasteiger partial charge in [0.05, 0.1) is 22.8 Å². The number of hydrogen-bond donors (Lipinski definition) is 2. The molecule has 0 bridgehead atoms. The largest absolute Gasteiger partial charge is 0.478 e. The normalized spacial score (nSPS) is 15.8. The fourth-order valence-electron chi connectivity index (χ4n) is 2.99. The van der Waals surface area contributed by atoms with Gasteiger partial charge >= 0.3 is 5.97 Å². The van der Waals surface area contributed by atoms with E-state index in [4.69, 9.17) is 0 Å². The van der Waals surface area contributed by atoms with Crippen LogP contribution in [0.4, 0.5) is 0 Å². The Kier molecular flexibility index (Phi) is 3.89.